The first-order valence-electron chi connectivity index (χ1n) is 5.23. The number of hydrogen-bond donors (Lipinski definition) is 1. The molecule has 0 bridgehead atoms. The third-order valence-electron chi connectivity index (χ3n) is 1.99. The highest BCUT2D eigenvalue weighted by Gasteiger charge is 2.02. The second-order valence-electron chi connectivity index (χ2n) is 3.08. The Morgan fingerprint density at radius 1 is 1.47 bits per heavy atom. The van der Waals surface area contributed by atoms with E-state index < -0.39 is 6.09 Å². The Morgan fingerprint density at radius 3 is 2.53 bits per heavy atom. The lowest BCUT2D eigenvalue weighted by Gasteiger charge is -2.13. The molecule has 0 aliphatic carbocycles. The van der Waals surface area contributed by atoms with Crippen molar-refractivity contribution in [3.8, 4) is 11.8 Å². The van der Waals surface area contributed by atoms with Gasteiger partial charge in [-0.2, -0.15) is 0 Å². The molecule has 0 aromatic carbocycles. The molecule has 1 amide bonds. The van der Waals surface area contributed by atoms with Crippen LogP contribution in [0.15, 0.2) is 0 Å². The van der Waals surface area contributed by atoms with Gasteiger partial charge in [-0.3, -0.25) is 4.90 Å². The summed E-state index contributed by atoms with van der Waals surface area (Å²) in [5.41, 5.74) is 0. The molecular formula is C11H20N2O2. The summed E-state index contributed by atoms with van der Waals surface area (Å²) in [4.78, 5) is 13.0. The molecule has 0 rings (SSSR count). The smallest absolute Gasteiger partial charge is 0.408 e. The van der Waals surface area contributed by atoms with Gasteiger partial charge in [-0.1, -0.05) is 25.7 Å². The van der Waals surface area contributed by atoms with Gasteiger partial charge >= 0.3 is 6.09 Å². The zero-order chi connectivity index (χ0) is 11.7. The number of nitrogens with zero attached hydrogens (tertiary/aromatic N) is 1. The third-order valence-corrected chi connectivity index (χ3v) is 1.99. The maximum Gasteiger partial charge on any atom is 0.408 e. The largest absolute Gasteiger partial charge is 0.433 e. The molecule has 0 spiro atoms. The van der Waals surface area contributed by atoms with E-state index in [2.05, 4.69) is 35.9 Å². The number of amides is 1. The number of carbonyl (C=O) groups is 1. The van der Waals surface area contributed by atoms with Gasteiger partial charge in [0.05, 0.1) is 6.54 Å². The molecule has 1 atom stereocenters. The molecule has 15 heavy (non-hydrogen) atoms. The van der Waals surface area contributed by atoms with Crippen molar-refractivity contribution in [2.45, 2.75) is 26.9 Å². The van der Waals surface area contributed by atoms with E-state index in [9.17, 15) is 4.79 Å². The van der Waals surface area contributed by atoms with E-state index in [4.69, 9.17) is 4.74 Å². The minimum Gasteiger partial charge on any atom is -0.433 e. The van der Waals surface area contributed by atoms with Crippen molar-refractivity contribution < 1.29 is 9.53 Å². The van der Waals surface area contributed by atoms with E-state index in [0.717, 1.165) is 13.1 Å². The summed E-state index contributed by atoms with van der Waals surface area (Å²) in [5.74, 6) is 5.86. The molecule has 1 N–H and O–H groups in total. The van der Waals surface area contributed by atoms with Crippen LogP contribution in [0.2, 0.25) is 0 Å². The Bertz CT molecular complexity index is 239. The van der Waals surface area contributed by atoms with E-state index in [1.165, 1.54) is 7.05 Å². The number of ether oxygens (including phenoxy) is 1. The topological polar surface area (TPSA) is 41.6 Å². The molecule has 0 heterocycles. The minimum atomic E-state index is -0.445. The van der Waals surface area contributed by atoms with Crippen LogP contribution in [0.3, 0.4) is 0 Å². The average Bonchev–Trinajstić information content (AvgIpc) is 2.24. The predicted octanol–water partition coefficient (Wildman–Crippen LogP) is 1.08. The highest BCUT2D eigenvalue weighted by Crippen LogP contribution is 1.89. The Morgan fingerprint density at radius 2 is 2.07 bits per heavy atom. The van der Waals surface area contributed by atoms with Crippen LogP contribution in [0.4, 0.5) is 4.79 Å². The van der Waals surface area contributed by atoms with E-state index in [1.54, 1.807) is 6.92 Å². The van der Waals surface area contributed by atoms with Gasteiger partial charge in [0.25, 0.3) is 0 Å². The molecule has 86 valence electrons. The van der Waals surface area contributed by atoms with Crippen LogP contribution in [0.1, 0.15) is 20.8 Å². The molecule has 4 nitrogen and oxygen atoms in total. The number of rotatable bonds is 4. The summed E-state index contributed by atoms with van der Waals surface area (Å²) in [6, 6.07) is 0. The fourth-order valence-corrected chi connectivity index (χ4v) is 0.997. The second kappa shape index (κ2) is 8.13. The first kappa shape index (κ1) is 13.8. The second-order valence-corrected chi connectivity index (χ2v) is 3.08. The lowest BCUT2D eigenvalue weighted by Crippen LogP contribution is -2.24. The molecular weight excluding hydrogens is 192 g/mol. The van der Waals surface area contributed by atoms with Gasteiger partial charge in [0.15, 0.2) is 6.10 Å². The SMILES string of the molecule is CCN(CC)CC#CC(C)OC(=O)NC. The number of hydrogen-bond acceptors (Lipinski definition) is 3. The molecule has 0 saturated carbocycles. The summed E-state index contributed by atoms with van der Waals surface area (Å²) in [7, 11) is 1.53. The van der Waals surface area contributed by atoms with Crippen molar-refractivity contribution in [1.29, 1.82) is 0 Å². The van der Waals surface area contributed by atoms with Crippen molar-refractivity contribution in [1.82, 2.24) is 10.2 Å². The lowest BCUT2D eigenvalue weighted by atomic mass is 10.4. The zero-order valence-electron chi connectivity index (χ0n) is 9.96. The molecule has 0 fully saturated rings. The zero-order valence-corrected chi connectivity index (χ0v) is 9.96. The van der Waals surface area contributed by atoms with Gasteiger partial charge in [0, 0.05) is 7.05 Å². The standard InChI is InChI=1S/C11H20N2O2/c1-5-13(6-2)9-7-8-10(3)15-11(14)12-4/h10H,5-6,9H2,1-4H3,(H,12,14). The van der Waals surface area contributed by atoms with Crippen LogP contribution >= 0.6 is 0 Å². The highest BCUT2D eigenvalue weighted by molar-refractivity contribution is 5.67. The minimum absolute atomic E-state index is 0.361. The summed E-state index contributed by atoms with van der Waals surface area (Å²) in [5, 5.41) is 2.38. The van der Waals surface area contributed by atoms with Gasteiger partial charge in [-0.25, -0.2) is 4.79 Å². The van der Waals surface area contributed by atoms with Crippen molar-refractivity contribution in [3.63, 3.8) is 0 Å². The van der Waals surface area contributed by atoms with Gasteiger partial charge in [-0.05, 0) is 20.0 Å². The summed E-state index contributed by atoms with van der Waals surface area (Å²) >= 11 is 0. The predicted molar refractivity (Wildman–Crippen MR) is 60.6 cm³/mol. The van der Waals surface area contributed by atoms with Crippen LogP contribution in [0, 0.1) is 11.8 Å². The van der Waals surface area contributed by atoms with Crippen molar-refractivity contribution in [2.24, 2.45) is 0 Å². The molecule has 4 heteroatoms. The molecule has 0 aromatic rings. The van der Waals surface area contributed by atoms with Gasteiger partial charge in [0.2, 0.25) is 0 Å². The van der Waals surface area contributed by atoms with Gasteiger partial charge < -0.3 is 10.1 Å². The monoisotopic (exact) mass is 212 g/mol. The lowest BCUT2D eigenvalue weighted by molar-refractivity contribution is 0.132. The van der Waals surface area contributed by atoms with E-state index in [-0.39, 0.29) is 6.10 Å². The van der Waals surface area contributed by atoms with Gasteiger partial charge in [0.1, 0.15) is 0 Å². The third kappa shape index (κ3) is 6.81. The fraction of sp³-hybridized carbons (Fsp3) is 0.727. The molecule has 1 unspecified atom stereocenters. The van der Waals surface area contributed by atoms with Crippen LogP contribution in [-0.2, 0) is 4.74 Å². The molecule has 0 aliphatic heterocycles. The van der Waals surface area contributed by atoms with Crippen LogP contribution in [0.5, 0.6) is 0 Å². The molecule has 0 radical (unpaired) electrons. The first-order chi connectivity index (χ1) is 7.13. The van der Waals surface area contributed by atoms with Gasteiger partial charge in [-0.15, -0.1) is 0 Å². The summed E-state index contributed by atoms with van der Waals surface area (Å²) < 4.78 is 4.91. The first-order valence-corrected chi connectivity index (χ1v) is 5.23. The fourth-order valence-electron chi connectivity index (χ4n) is 0.997. The number of alkyl carbamates (subject to hydrolysis) is 1. The van der Waals surface area contributed by atoms with E-state index in [0.29, 0.717) is 6.54 Å². The Labute approximate surface area is 92.0 Å². The Kier molecular flexibility index (Phi) is 7.47. The van der Waals surface area contributed by atoms with Crippen molar-refractivity contribution in [2.75, 3.05) is 26.7 Å². The summed E-state index contributed by atoms with van der Waals surface area (Å²) in [6.45, 7) is 8.62. The average molecular weight is 212 g/mol. The molecule has 0 saturated heterocycles. The molecule has 0 aromatic heterocycles. The normalized spacial score (nSPS) is 11.5. The van der Waals surface area contributed by atoms with E-state index in [1.807, 2.05) is 0 Å². The highest BCUT2D eigenvalue weighted by atomic mass is 16.6. The quantitative estimate of drug-likeness (QED) is 0.709. The Hall–Kier alpha value is -1.21. The van der Waals surface area contributed by atoms with Crippen LogP contribution in [-0.4, -0.2) is 43.8 Å². The van der Waals surface area contributed by atoms with E-state index >= 15 is 0 Å². The maximum atomic E-state index is 10.8. The molecule has 0 aliphatic rings. The number of carbonyl (C=O) groups excluding carboxylic acids is 1. The Balaban J connectivity index is 3.89. The maximum absolute atomic E-state index is 10.8. The van der Waals surface area contributed by atoms with Crippen molar-refractivity contribution in [3.05, 3.63) is 0 Å². The van der Waals surface area contributed by atoms with Crippen molar-refractivity contribution >= 4 is 6.09 Å². The van der Waals surface area contributed by atoms with Crippen LogP contribution in [0.25, 0.3) is 0 Å². The van der Waals surface area contributed by atoms with Crippen LogP contribution < -0.4 is 5.32 Å². The number of nitrogens with one attached hydrogen (secondary N) is 1. The summed E-state index contributed by atoms with van der Waals surface area (Å²) in [6.07, 6.45) is -0.805.